The van der Waals surface area contributed by atoms with Crippen LogP contribution in [0.3, 0.4) is 0 Å². The number of phenols is 1. The Kier molecular flexibility index (Phi) is 2.40. The van der Waals surface area contributed by atoms with Gasteiger partial charge in [0.15, 0.2) is 0 Å². The molecule has 2 rings (SSSR count). The Morgan fingerprint density at radius 2 is 1.81 bits per heavy atom. The number of aromatic hydroxyl groups is 1. The van der Waals surface area contributed by atoms with Crippen LogP contribution in [-0.4, -0.2) is 20.7 Å². The molecule has 0 saturated carbocycles. The van der Waals surface area contributed by atoms with Crippen LogP contribution in [0.15, 0.2) is 36.5 Å². The second-order valence-electron chi connectivity index (χ2n) is 3.58. The molecule has 4 nitrogen and oxygen atoms in total. The molecule has 0 bridgehead atoms. The third-order valence-corrected chi connectivity index (χ3v) is 2.42. The first-order chi connectivity index (χ1) is 7.58. The molecule has 0 saturated heterocycles. The summed E-state index contributed by atoms with van der Waals surface area (Å²) in [6, 6.07) is 8.24. The average Bonchev–Trinajstić information content (AvgIpc) is 2.61. The van der Waals surface area contributed by atoms with E-state index in [0.29, 0.717) is 0 Å². The normalized spacial score (nSPS) is 10.3. The molecule has 1 aromatic carbocycles. The monoisotopic (exact) mass is 217 g/mol. The average molecular weight is 217 g/mol. The maximum Gasteiger partial charge on any atom is 0.352 e. The Balaban J connectivity index is 2.45. The summed E-state index contributed by atoms with van der Waals surface area (Å²) in [5, 5.41) is 18.1. The van der Waals surface area contributed by atoms with Gasteiger partial charge in [0, 0.05) is 18.8 Å². The van der Waals surface area contributed by atoms with E-state index in [2.05, 4.69) is 0 Å². The molecule has 0 atom stereocenters. The van der Waals surface area contributed by atoms with Crippen molar-refractivity contribution in [2.45, 2.75) is 0 Å². The SMILES string of the molecule is Cn1cc(-c2ccc(O)cc2)cc1C(=O)O. The molecule has 1 aromatic heterocycles. The van der Waals surface area contributed by atoms with Gasteiger partial charge in [-0.25, -0.2) is 4.79 Å². The van der Waals surface area contributed by atoms with Crippen molar-refractivity contribution < 1.29 is 15.0 Å². The molecule has 0 amide bonds. The lowest BCUT2D eigenvalue weighted by Gasteiger charge is -1.96. The largest absolute Gasteiger partial charge is 0.508 e. The van der Waals surface area contributed by atoms with Crippen LogP contribution in [0, 0.1) is 0 Å². The lowest BCUT2D eigenvalue weighted by atomic mass is 10.1. The van der Waals surface area contributed by atoms with Gasteiger partial charge in [-0.2, -0.15) is 0 Å². The smallest absolute Gasteiger partial charge is 0.352 e. The van der Waals surface area contributed by atoms with Crippen molar-refractivity contribution in [2.75, 3.05) is 0 Å². The zero-order chi connectivity index (χ0) is 11.7. The number of aromatic nitrogens is 1. The van der Waals surface area contributed by atoms with Gasteiger partial charge in [0.25, 0.3) is 0 Å². The van der Waals surface area contributed by atoms with Crippen molar-refractivity contribution in [3.63, 3.8) is 0 Å². The first kappa shape index (κ1) is 10.3. The fourth-order valence-corrected chi connectivity index (χ4v) is 1.59. The lowest BCUT2D eigenvalue weighted by molar-refractivity contribution is 0.0686. The summed E-state index contributed by atoms with van der Waals surface area (Å²) in [5.41, 5.74) is 1.93. The van der Waals surface area contributed by atoms with Crippen LogP contribution in [0.2, 0.25) is 0 Å². The minimum absolute atomic E-state index is 0.193. The Morgan fingerprint density at radius 3 is 2.31 bits per heavy atom. The quantitative estimate of drug-likeness (QED) is 0.809. The molecule has 0 aliphatic heterocycles. The number of carboxylic acid groups (broad SMARTS) is 1. The molecule has 0 spiro atoms. The van der Waals surface area contributed by atoms with Gasteiger partial charge in [-0.1, -0.05) is 12.1 Å². The second kappa shape index (κ2) is 3.73. The van der Waals surface area contributed by atoms with Crippen molar-refractivity contribution in [3.8, 4) is 16.9 Å². The predicted octanol–water partition coefficient (Wildman–Crippen LogP) is 2.10. The number of hydrogen-bond acceptors (Lipinski definition) is 2. The van der Waals surface area contributed by atoms with Crippen LogP contribution in [0.1, 0.15) is 10.5 Å². The summed E-state index contributed by atoms with van der Waals surface area (Å²) in [7, 11) is 1.69. The first-order valence-electron chi connectivity index (χ1n) is 4.77. The van der Waals surface area contributed by atoms with Crippen LogP contribution in [0.5, 0.6) is 5.75 Å². The van der Waals surface area contributed by atoms with Gasteiger partial charge >= 0.3 is 5.97 Å². The number of carbonyl (C=O) groups is 1. The molecule has 0 fully saturated rings. The highest BCUT2D eigenvalue weighted by Gasteiger charge is 2.10. The molecule has 2 N–H and O–H groups in total. The van der Waals surface area contributed by atoms with Gasteiger partial charge in [0.1, 0.15) is 11.4 Å². The van der Waals surface area contributed by atoms with E-state index in [1.807, 2.05) is 0 Å². The number of phenolic OH excluding ortho intramolecular Hbond substituents is 1. The van der Waals surface area contributed by atoms with E-state index < -0.39 is 5.97 Å². The minimum Gasteiger partial charge on any atom is -0.508 e. The molecule has 0 aliphatic carbocycles. The molecular weight excluding hydrogens is 206 g/mol. The Labute approximate surface area is 92.4 Å². The van der Waals surface area contributed by atoms with Crippen LogP contribution < -0.4 is 0 Å². The maximum atomic E-state index is 10.9. The molecule has 2 aromatic rings. The minimum atomic E-state index is -0.951. The van der Waals surface area contributed by atoms with Crippen LogP contribution in [-0.2, 0) is 7.05 Å². The number of carboxylic acids is 1. The Morgan fingerprint density at radius 1 is 1.19 bits per heavy atom. The van der Waals surface area contributed by atoms with Gasteiger partial charge in [0.05, 0.1) is 0 Å². The Bertz CT molecular complexity index is 526. The number of aromatic carboxylic acids is 1. The number of rotatable bonds is 2. The molecular formula is C12H11NO3. The number of aryl methyl sites for hydroxylation is 1. The summed E-state index contributed by atoms with van der Waals surface area (Å²) in [6.07, 6.45) is 1.75. The highest BCUT2D eigenvalue weighted by atomic mass is 16.4. The number of hydrogen-bond donors (Lipinski definition) is 2. The van der Waals surface area contributed by atoms with E-state index in [4.69, 9.17) is 10.2 Å². The summed E-state index contributed by atoms with van der Waals surface area (Å²) in [4.78, 5) is 10.9. The molecule has 0 radical (unpaired) electrons. The second-order valence-corrected chi connectivity index (χ2v) is 3.58. The number of benzene rings is 1. The first-order valence-corrected chi connectivity index (χ1v) is 4.77. The third-order valence-electron chi connectivity index (χ3n) is 2.42. The lowest BCUT2D eigenvalue weighted by Crippen LogP contribution is -2.02. The summed E-state index contributed by atoms with van der Waals surface area (Å²) in [6.45, 7) is 0. The van der Waals surface area contributed by atoms with Crippen molar-refractivity contribution in [2.24, 2.45) is 7.05 Å². The summed E-state index contributed by atoms with van der Waals surface area (Å²) < 4.78 is 1.56. The van der Waals surface area contributed by atoms with E-state index in [9.17, 15) is 4.79 Å². The standard InChI is InChI=1S/C12H11NO3/c1-13-7-9(6-11(13)12(15)16)8-2-4-10(14)5-3-8/h2-7,14H,1H3,(H,15,16). The molecule has 1 heterocycles. The van der Waals surface area contributed by atoms with Gasteiger partial charge in [-0.3, -0.25) is 0 Å². The van der Waals surface area contributed by atoms with E-state index in [-0.39, 0.29) is 11.4 Å². The van der Waals surface area contributed by atoms with E-state index in [1.54, 1.807) is 48.1 Å². The third kappa shape index (κ3) is 1.77. The van der Waals surface area contributed by atoms with Gasteiger partial charge in [-0.15, -0.1) is 0 Å². The zero-order valence-electron chi connectivity index (χ0n) is 8.71. The summed E-state index contributed by atoms with van der Waals surface area (Å²) in [5.74, 6) is -0.759. The topological polar surface area (TPSA) is 62.5 Å². The zero-order valence-corrected chi connectivity index (χ0v) is 8.71. The molecule has 4 heteroatoms. The van der Waals surface area contributed by atoms with E-state index >= 15 is 0 Å². The fourth-order valence-electron chi connectivity index (χ4n) is 1.59. The predicted molar refractivity (Wildman–Crippen MR) is 59.5 cm³/mol. The fraction of sp³-hybridized carbons (Fsp3) is 0.0833. The van der Waals surface area contributed by atoms with Crippen molar-refractivity contribution in [1.29, 1.82) is 0 Å². The maximum absolute atomic E-state index is 10.9. The van der Waals surface area contributed by atoms with Crippen molar-refractivity contribution in [1.82, 2.24) is 4.57 Å². The van der Waals surface area contributed by atoms with Crippen LogP contribution in [0.25, 0.3) is 11.1 Å². The molecule has 0 aliphatic rings. The molecule has 82 valence electrons. The van der Waals surface area contributed by atoms with Crippen molar-refractivity contribution >= 4 is 5.97 Å². The van der Waals surface area contributed by atoms with Gasteiger partial charge in [-0.05, 0) is 23.8 Å². The van der Waals surface area contributed by atoms with Gasteiger partial charge in [0.2, 0.25) is 0 Å². The van der Waals surface area contributed by atoms with E-state index in [0.717, 1.165) is 11.1 Å². The highest BCUT2D eigenvalue weighted by Crippen LogP contribution is 2.23. The summed E-state index contributed by atoms with van der Waals surface area (Å²) >= 11 is 0. The van der Waals surface area contributed by atoms with E-state index in [1.165, 1.54) is 0 Å². The van der Waals surface area contributed by atoms with Crippen LogP contribution >= 0.6 is 0 Å². The molecule has 0 unspecified atom stereocenters. The molecule has 16 heavy (non-hydrogen) atoms. The van der Waals surface area contributed by atoms with Crippen LogP contribution in [0.4, 0.5) is 0 Å². The highest BCUT2D eigenvalue weighted by molar-refractivity contribution is 5.88. The van der Waals surface area contributed by atoms with Crippen molar-refractivity contribution in [3.05, 3.63) is 42.2 Å². The van der Waals surface area contributed by atoms with Gasteiger partial charge < -0.3 is 14.8 Å². The number of nitrogens with zero attached hydrogens (tertiary/aromatic N) is 1. The Hall–Kier alpha value is -2.23.